The topological polar surface area (TPSA) is 40.6 Å². The minimum Gasteiger partial charge on any atom is -0.329 e. The van der Waals surface area contributed by atoms with Crippen molar-refractivity contribution in [2.75, 3.05) is 18.0 Å². The summed E-state index contributed by atoms with van der Waals surface area (Å²) in [5.41, 5.74) is 0.0502. The number of hydrogen-bond donors (Lipinski definition) is 0. The number of nitrogens with zero attached hydrogens (tertiary/aromatic N) is 2. The highest BCUT2D eigenvalue weighted by molar-refractivity contribution is 6.00. The van der Waals surface area contributed by atoms with Gasteiger partial charge >= 0.3 is 0 Å². The van der Waals surface area contributed by atoms with Crippen molar-refractivity contribution in [3.8, 4) is 0 Å². The number of amides is 2. The Balaban J connectivity index is 2.17. The highest BCUT2D eigenvalue weighted by atomic mass is 19.1. The van der Waals surface area contributed by atoms with E-state index in [1.54, 1.807) is 6.92 Å². The van der Waals surface area contributed by atoms with Gasteiger partial charge in [0.05, 0.1) is 5.69 Å². The molecular weight excluding hydrogens is 290 g/mol. The van der Waals surface area contributed by atoms with Crippen LogP contribution in [0, 0.1) is 17.6 Å². The van der Waals surface area contributed by atoms with Gasteiger partial charge in [-0.15, -0.1) is 0 Å². The Morgan fingerprint density at radius 2 is 2.00 bits per heavy atom. The van der Waals surface area contributed by atoms with Gasteiger partial charge in [-0.1, -0.05) is 13.8 Å². The summed E-state index contributed by atoms with van der Waals surface area (Å²) < 4.78 is 26.8. The molecule has 6 heteroatoms. The summed E-state index contributed by atoms with van der Waals surface area (Å²) in [6.07, 6.45) is 0.378. The normalized spacial score (nSPS) is 19.0. The molecule has 1 fully saturated rings. The van der Waals surface area contributed by atoms with Crippen molar-refractivity contribution in [3.05, 3.63) is 29.8 Å². The molecular formula is C16H20F2N2O2. The highest BCUT2D eigenvalue weighted by Crippen LogP contribution is 2.24. The van der Waals surface area contributed by atoms with E-state index in [9.17, 15) is 18.4 Å². The maximum absolute atomic E-state index is 13.8. The van der Waals surface area contributed by atoms with E-state index in [2.05, 4.69) is 0 Å². The van der Waals surface area contributed by atoms with Crippen molar-refractivity contribution >= 4 is 17.5 Å². The quantitative estimate of drug-likeness (QED) is 0.861. The zero-order valence-electron chi connectivity index (χ0n) is 13.0. The largest absolute Gasteiger partial charge is 0.329 e. The molecule has 0 bridgehead atoms. The van der Waals surface area contributed by atoms with Gasteiger partial charge < -0.3 is 9.80 Å². The minimum absolute atomic E-state index is 0.0502. The van der Waals surface area contributed by atoms with Gasteiger partial charge in [0, 0.05) is 25.6 Å². The minimum atomic E-state index is -0.775. The van der Waals surface area contributed by atoms with Gasteiger partial charge in [-0.3, -0.25) is 9.59 Å². The molecule has 0 radical (unpaired) electrons. The SMILES string of the molecule is CC(C)CC(=O)N1CCN(c2ccc(F)cc2F)C(=O)[C@@H]1C. The van der Waals surface area contributed by atoms with Crippen molar-refractivity contribution in [1.29, 1.82) is 0 Å². The van der Waals surface area contributed by atoms with E-state index < -0.39 is 17.7 Å². The molecule has 1 aromatic carbocycles. The molecule has 0 aliphatic carbocycles. The number of halogens is 2. The number of hydrogen-bond acceptors (Lipinski definition) is 2. The van der Waals surface area contributed by atoms with Crippen LogP contribution in [-0.2, 0) is 9.59 Å². The zero-order chi connectivity index (χ0) is 16.4. The molecule has 22 heavy (non-hydrogen) atoms. The number of anilines is 1. The van der Waals surface area contributed by atoms with Gasteiger partial charge in [0.25, 0.3) is 0 Å². The molecule has 120 valence electrons. The molecule has 0 N–H and O–H groups in total. The standard InChI is InChI=1S/C16H20F2N2O2/c1-10(2)8-15(21)19-6-7-20(16(22)11(19)3)14-5-4-12(17)9-13(14)18/h4-5,9-11H,6-8H2,1-3H3/t11-/m0/s1. The third kappa shape index (κ3) is 3.26. The van der Waals surface area contributed by atoms with Crippen LogP contribution in [0.5, 0.6) is 0 Å². The van der Waals surface area contributed by atoms with Crippen molar-refractivity contribution in [2.45, 2.75) is 33.2 Å². The van der Waals surface area contributed by atoms with Crippen LogP contribution < -0.4 is 4.90 Å². The molecule has 1 saturated heterocycles. The molecule has 4 nitrogen and oxygen atoms in total. The first-order valence-corrected chi connectivity index (χ1v) is 7.37. The Hall–Kier alpha value is -1.98. The molecule has 2 rings (SSSR count). The van der Waals surface area contributed by atoms with Crippen LogP contribution in [0.3, 0.4) is 0 Å². The zero-order valence-corrected chi connectivity index (χ0v) is 13.0. The second-order valence-corrected chi connectivity index (χ2v) is 5.95. The van der Waals surface area contributed by atoms with E-state index in [0.29, 0.717) is 13.0 Å². The Morgan fingerprint density at radius 3 is 2.59 bits per heavy atom. The first kappa shape index (κ1) is 16.4. The van der Waals surface area contributed by atoms with E-state index in [-0.39, 0.29) is 30.0 Å². The Morgan fingerprint density at radius 1 is 1.32 bits per heavy atom. The summed E-state index contributed by atoms with van der Waals surface area (Å²) in [5, 5.41) is 0. The predicted octanol–water partition coefficient (Wildman–Crippen LogP) is 2.57. The van der Waals surface area contributed by atoms with Crippen molar-refractivity contribution in [3.63, 3.8) is 0 Å². The fraction of sp³-hybridized carbons (Fsp3) is 0.500. The lowest BCUT2D eigenvalue weighted by Crippen LogP contribution is -2.58. The number of carbonyl (C=O) groups excluding carboxylic acids is 2. The van der Waals surface area contributed by atoms with Crippen molar-refractivity contribution in [2.24, 2.45) is 5.92 Å². The fourth-order valence-corrected chi connectivity index (χ4v) is 2.62. The van der Waals surface area contributed by atoms with Gasteiger partial charge in [0.1, 0.15) is 17.7 Å². The maximum atomic E-state index is 13.8. The molecule has 0 spiro atoms. The van der Waals surface area contributed by atoms with E-state index in [4.69, 9.17) is 0 Å². The summed E-state index contributed by atoms with van der Waals surface area (Å²) in [6.45, 7) is 6.06. The number of piperazine rings is 1. The van der Waals surface area contributed by atoms with Crippen LogP contribution in [0.25, 0.3) is 0 Å². The summed E-state index contributed by atoms with van der Waals surface area (Å²) in [7, 11) is 0. The van der Waals surface area contributed by atoms with Crippen LogP contribution in [0.15, 0.2) is 18.2 Å². The summed E-state index contributed by atoms with van der Waals surface area (Å²) in [6, 6.07) is 2.47. The second-order valence-electron chi connectivity index (χ2n) is 5.95. The Bertz CT molecular complexity index is 590. The molecule has 1 aliphatic rings. The lowest BCUT2D eigenvalue weighted by Gasteiger charge is -2.39. The smallest absolute Gasteiger partial charge is 0.249 e. The second kappa shape index (κ2) is 6.42. The monoisotopic (exact) mass is 310 g/mol. The van der Waals surface area contributed by atoms with Gasteiger partial charge in [-0.05, 0) is 25.0 Å². The van der Waals surface area contributed by atoms with Crippen LogP contribution in [0.1, 0.15) is 27.2 Å². The van der Waals surface area contributed by atoms with Gasteiger partial charge in [0.15, 0.2) is 0 Å². The molecule has 2 amide bonds. The molecule has 0 aromatic heterocycles. The van der Waals surface area contributed by atoms with E-state index >= 15 is 0 Å². The first-order valence-electron chi connectivity index (χ1n) is 7.37. The Kier molecular flexibility index (Phi) is 4.78. The van der Waals surface area contributed by atoms with Gasteiger partial charge in [0.2, 0.25) is 11.8 Å². The van der Waals surface area contributed by atoms with Crippen LogP contribution >= 0.6 is 0 Å². The fourth-order valence-electron chi connectivity index (χ4n) is 2.62. The average Bonchev–Trinajstić information content (AvgIpc) is 2.41. The van der Waals surface area contributed by atoms with Crippen molar-refractivity contribution < 1.29 is 18.4 Å². The molecule has 1 atom stereocenters. The van der Waals surface area contributed by atoms with Crippen LogP contribution in [0.4, 0.5) is 14.5 Å². The lowest BCUT2D eigenvalue weighted by atomic mass is 10.1. The number of rotatable bonds is 3. The highest BCUT2D eigenvalue weighted by Gasteiger charge is 2.35. The molecule has 0 unspecified atom stereocenters. The summed E-state index contributed by atoms with van der Waals surface area (Å²) in [4.78, 5) is 27.4. The van der Waals surface area contributed by atoms with Crippen LogP contribution in [-0.4, -0.2) is 35.8 Å². The van der Waals surface area contributed by atoms with Gasteiger partial charge in [-0.2, -0.15) is 0 Å². The number of carbonyl (C=O) groups is 2. The van der Waals surface area contributed by atoms with E-state index in [1.165, 1.54) is 15.9 Å². The van der Waals surface area contributed by atoms with E-state index in [0.717, 1.165) is 12.1 Å². The summed E-state index contributed by atoms with van der Waals surface area (Å²) >= 11 is 0. The molecule has 1 aliphatic heterocycles. The third-order valence-electron chi connectivity index (χ3n) is 3.76. The molecule has 1 aromatic rings. The van der Waals surface area contributed by atoms with Crippen LogP contribution in [0.2, 0.25) is 0 Å². The number of benzene rings is 1. The van der Waals surface area contributed by atoms with Gasteiger partial charge in [-0.25, -0.2) is 8.78 Å². The van der Waals surface area contributed by atoms with Crippen molar-refractivity contribution in [1.82, 2.24) is 4.90 Å². The molecule has 1 heterocycles. The molecule has 0 saturated carbocycles. The Labute approximate surface area is 128 Å². The third-order valence-corrected chi connectivity index (χ3v) is 3.76. The van der Waals surface area contributed by atoms with E-state index in [1.807, 2.05) is 13.8 Å². The first-order chi connectivity index (χ1) is 10.3. The predicted molar refractivity (Wildman–Crippen MR) is 79.3 cm³/mol. The lowest BCUT2D eigenvalue weighted by molar-refractivity contribution is -0.141. The summed E-state index contributed by atoms with van der Waals surface area (Å²) in [5.74, 6) is -1.68. The average molecular weight is 310 g/mol. The maximum Gasteiger partial charge on any atom is 0.249 e.